The van der Waals surface area contributed by atoms with Gasteiger partial charge in [-0.1, -0.05) is 51.7 Å². The Labute approximate surface area is 111 Å². The second-order valence-electron chi connectivity index (χ2n) is 4.31. The van der Waals surface area contributed by atoms with Gasteiger partial charge < -0.3 is 4.90 Å². The Kier molecular flexibility index (Phi) is 9.97. The summed E-state index contributed by atoms with van der Waals surface area (Å²) in [5.74, 6) is 0. The van der Waals surface area contributed by atoms with Crippen molar-refractivity contribution in [3.05, 3.63) is 37.0 Å². The third-order valence-corrected chi connectivity index (χ3v) is 2.56. The normalized spacial score (nSPS) is 16.6. The zero-order valence-corrected chi connectivity index (χ0v) is 11.8. The largest absolute Gasteiger partial charge is 0.343 e. The molecule has 0 unspecified atom stereocenters. The molecular formula is C15H26N2O. The number of hydrogen-bond acceptors (Lipinski definition) is 2. The Morgan fingerprint density at radius 1 is 1.17 bits per heavy atom. The maximum absolute atomic E-state index is 10.5. The van der Waals surface area contributed by atoms with Crippen molar-refractivity contribution >= 4 is 6.41 Å². The molecule has 0 N–H and O–H groups in total. The van der Waals surface area contributed by atoms with Crippen molar-refractivity contribution in [3.63, 3.8) is 0 Å². The fourth-order valence-corrected chi connectivity index (χ4v) is 1.62. The number of amides is 1. The van der Waals surface area contributed by atoms with Crippen molar-refractivity contribution in [3.8, 4) is 0 Å². The Morgan fingerprint density at radius 2 is 1.72 bits per heavy atom. The number of piperazine rings is 1. The van der Waals surface area contributed by atoms with E-state index in [2.05, 4.69) is 31.9 Å². The van der Waals surface area contributed by atoms with Gasteiger partial charge in [0.1, 0.15) is 0 Å². The molecule has 1 aliphatic rings. The van der Waals surface area contributed by atoms with Crippen LogP contribution < -0.4 is 0 Å². The van der Waals surface area contributed by atoms with Crippen molar-refractivity contribution in [2.45, 2.75) is 20.3 Å². The first-order valence-electron chi connectivity index (χ1n) is 6.57. The number of carbonyl (C=O) groups excluding carboxylic acids is 1. The Morgan fingerprint density at radius 3 is 2.11 bits per heavy atom. The lowest BCUT2D eigenvalue weighted by atomic mass is 10.2. The van der Waals surface area contributed by atoms with Gasteiger partial charge in [0.25, 0.3) is 0 Å². The summed E-state index contributed by atoms with van der Waals surface area (Å²) >= 11 is 0. The van der Waals surface area contributed by atoms with Crippen molar-refractivity contribution in [2.75, 3.05) is 32.7 Å². The molecule has 0 spiro atoms. The van der Waals surface area contributed by atoms with Gasteiger partial charge in [0.15, 0.2) is 0 Å². The van der Waals surface area contributed by atoms with E-state index in [0.717, 1.165) is 39.1 Å². The quantitative estimate of drug-likeness (QED) is 0.553. The summed E-state index contributed by atoms with van der Waals surface area (Å²) in [5, 5.41) is 0. The fraction of sp³-hybridized carbons (Fsp3) is 0.533. The van der Waals surface area contributed by atoms with Gasteiger partial charge in [-0.3, -0.25) is 9.69 Å². The van der Waals surface area contributed by atoms with E-state index in [9.17, 15) is 4.79 Å². The highest BCUT2D eigenvalue weighted by atomic mass is 16.1. The van der Waals surface area contributed by atoms with Crippen molar-refractivity contribution < 1.29 is 4.79 Å². The molecule has 0 aromatic carbocycles. The topological polar surface area (TPSA) is 23.6 Å². The first-order valence-corrected chi connectivity index (χ1v) is 6.57. The van der Waals surface area contributed by atoms with Crippen LogP contribution in [0.15, 0.2) is 37.0 Å². The van der Waals surface area contributed by atoms with Gasteiger partial charge in [0.2, 0.25) is 6.41 Å². The van der Waals surface area contributed by atoms with Crippen LogP contribution in [0.25, 0.3) is 0 Å². The van der Waals surface area contributed by atoms with Crippen LogP contribution >= 0.6 is 0 Å². The molecule has 0 aromatic heterocycles. The highest BCUT2D eigenvalue weighted by Gasteiger charge is 2.14. The molecule has 1 saturated heterocycles. The van der Waals surface area contributed by atoms with Gasteiger partial charge >= 0.3 is 0 Å². The van der Waals surface area contributed by atoms with Gasteiger partial charge in [-0.25, -0.2) is 0 Å². The summed E-state index contributed by atoms with van der Waals surface area (Å²) < 4.78 is 0. The lowest BCUT2D eigenvalue weighted by Gasteiger charge is -2.32. The van der Waals surface area contributed by atoms with Gasteiger partial charge in [-0.15, -0.1) is 0 Å². The molecule has 1 aliphatic heterocycles. The SMILES string of the molecule is C=C/C=C(\C=C)CN1CCN(C=O)CC1.CCC. The summed E-state index contributed by atoms with van der Waals surface area (Å²) in [4.78, 5) is 14.6. The number of nitrogens with zero attached hydrogens (tertiary/aromatic N) is 2. The summed E-state index contributed by atoms with van der Waals surface area (Å²) in [6, 6.07) is 0. The molecule has 0 aliphatic carbocycles. The maximum atomic E-state index is 10.5. The predicted octanol–water partition coefficient (Wildman–Crippen LogP) is 2.48. The minimum Gasteiger partial charge on any atom is -0.343 e. The van der Waals surface area contributed by atoms with E-state index in [4.69, 9.17) is 0 Å². The molecule has 1 heterocycles. The Balaban J connectivity index is 0.000000873. The zero-order valence-electron chi connectivity index (χ0n) is 11.8. The molecule has 0 bridgehead atoms. The average molecular weight is 250 g/mol. The van der Waals surface area contributed by atoms with E-state index in [-0.39, 0.29) is 0 Å². The first kappa shape index (κ1) is 16.6. The second-order valence-corrected chi connectivity index (χ2v) is 4.31. The molecule has 1 rings (SSSR count). The van der Waals surface area contributed by atoms with Crippen molar-refractivity contribution in [1.82, 2.24) is 9.80 Å². The van der Waals surface area contributed by atoms with Gasteiger partial charge in [-0.05, 0) is 5.57 Å². The number of hydrogen-bond donors (Lipinski definition) is 0. The molecular weight excluding hydrogens is 224 g/mol. The predicted molar refractivity (Wildman–Crippen MR) is 78.5 cm³/mol. The van der Waals surface area contributed by atoms with Crippen LogP contribution in [-0.2, 0) is 4.79 Å². The van der Waals surface area contributed by atoms with Crippen molar-refractivity contribution in [1.29, 1.82) is 0 Å². The van der Waals surface area contributed by atoms with Crippen LogP contribution in [0, 0.1) is 0 Å². The third kappa shape index (κ3) is 7.07. The molecule has 0 radical (unpaired) electrons. The van der Waals surface area contributed by atoms with Gasteiger partial charge in [0, 0.05) is 32.7 Å². The van der Waals surface area contributed by atoms with E-state index in [1.165, 1.54) is 12.0 Å². The number of allylic oxidation sites excluding steroid dienone is 2. The number of carbonyl (C=O) groups is 1. The maximum Gasteiger partial charge on any atom is 0.209 e. The Hall–Kier alpha value is -1.35. The Bertz CT molecular complexity index is 276. The average Bonchev–Trinajstić information content (AvgIpc) is 2.40. The third-order valence-electron chi connectivity index (χ3n) is 2.56. The molecule has 1 fully saturated rings. The van der Waals surface area contributed by atoms with E-state index in [1.807, 2.05) is 12.2 Å². The second kappa shape index (κ2) is 10.8. The van der Waals surface area contributed by atoms with E-state index in [1.54, 1.807) is 11.0 Å². The highest BCUT2D eigenvalue weighted by Crippen LogP contribution is 2.05. The van der Waals surface area contributed by atoms with Gasteiger partial charge in [-0.2, -0.15) is 0 Å². The van der Waals surface area contributed by atoms with Crippen LogP contribution in [0.2, 0.25) is 0 Å². The summed E-state index contributed by atoms with van der Waals surface area (Å²) in [6.07, 6.45) is 7.77. The van der Waals surface area contributed by atoms with E-state index >= 15 is 0 Å². The zero-order chi connectivity index (χ0) is 13.8. The van der Waals surface area contributed by atoms with Crippen molar-refractivity contribution in [2.24, 2.45) is 0 Å². The highest BCUT2D eigenvalue weighted by molar-refractivity contribution is 5.47. The molecule has 102 valence electrons. The number of rotatable bonds is 5. The minimum atomic E-state index is 0.821. The molecule has 3 heteroatoms. The van der Waals surface area contributed by atoms with Gasteiger partial charge in [0.05, 0.1) is 0 Å². The summed E-state index contributed by atoms with van der Waals surface area (Å²) in [5.41, 5.74) is 1.17. The minimum absolute atomic E-state index is 0.821. The fourth-order valence-electron chi connectivity index (χ4n) is 1.62. The lowest BCUT2D eigenvalue weighted by molar-refractivity contribution is -0.119. The van der Waals surface area contributed by atoms with Crippen LogP contribution in [-0.4, -0.2) is 48.9 Å². The lowest BCUT2D eigenvalue weighted by Crippen LogP contribution is -2.46. The molecule has 0 atom stereocenters. The molecule has 0 aromatic rings. The summed E-state index contributed by atoms with van der Waals surface area (Å²) in [7, 11) is 0. The smallest absolute Gasteiger partial charge is 0.209 e. The standard InChI is InChI=1S/C12H18N2O.C3H8/c1-3-5-12(4-2)10-13-6-8-14(11-15)9-7-13;1-3-2/h3-5,11H,1-2,6-10H2;3H2,1-2H3/b12-5+;. The monoisotopic (exact) mass is 250 g/mol. The molecule has 1 amide bonds. The van der Waals surface area contributed by atoms with E-state index < -0.39 is 0 Å². The van der Waals surface area contributed by atoms with E-state index in [0.29, 0.717) is 0 Å². The molecule has 3 nitrogen and oxygen atoms in total. The van der Waals surface area contributed by atoms with Crippen LogP contribution in [0.1, 0.15) is 20.3 Å². The van der Waals surface area contributed by atoms with Crippen LogP contribution in [0.3, 0.4) is 0 Å². The summed E-state index contributed by atoms with van der Waals surface area (Å²) in [6.45, 7) is 16.1. The van der Waals surface area contributed by atoms with Crippen LogP contribution in [0.4, 0.5) is 0 Å². The molecule has 0 saturated carbocycles. The van der Waals surface area contributed by atoms with Crippen LogP contribution in [0.5, 0.6) is 0 Å². The molecule has 18 heavy (non-hydrogen) atoms. The first-order chi connectivity index (χ1) is 8.71.